The Kier molecular flexibility index (Phi) is 6.86. The van der Waals surface area contributed by atoms with Crippen molar-refractivity contribution < 1.29 is 17.6 Å². The lowest BCUT2D eigenvalue weighted by atomic mass is 10.2. The lowest BCUT2D eigenvalue weighted by molar-refractivity contribution is 0.0654. The maximum absolute atomic E-state index is 12.5. The van der Waals surface area contributed by atoms with Crippen LogP contribution in [0.3, 0.4) is 0 Å². The quantitative estimate of drug-likeness (QED) is 0.791. The van der Waals surface area contributed by atoms with Gasteiger partial charge in [0.05, 0.1) is 0 Å². The van der Waals surface area contributed by atoms with Gasteiger partial charge in [0.1, 0.15) is 0 Å². The summed E-state index contributed by atoms with van der Waals surface area (Å²) in [7, 11) is -2.37. The minimum Gasteiger partial charge on any atom is -0.438 e. The van der Waals surface area contributed by atoms with Crippen LogP contribution in [0.4, 0.5) is 0 Å². The van der Waals surface area contributed by atoms with E-state index in [1.54, 1.807) is 4.90 Å². The normalized spacial score (nSPS) is 18.0. The lowest BCUT2D eigenvalue weighted by Crippen LogP contribution is -2.41. The fourth-order valence-electron chi connectivity index (χ4n) is 2.42. The van der Waals surface area contributed by atoms with E-state index in [-0.39, 0.29) is 35.2 Å². The van der Waals surface area contributed by atoms with Crippen molar-refractivity contribution in [3.63, 3.8) is 0 Å². The Morgan fingerprint density at radius 2 is 2.23 bits per heavy atom. The molecule has 1 aliphatic heterocycles. The average Bonchev–Trinajstić information content (AvgIpc) is 3.14. The Balaban J connectivity index is 0.00000242. The van der Waals surface area contributed by atoms with E-state index < -0.39 is 10.0 Å². The molecule has 1 saturated heterocycles. The zero-order chi connectivity index (χ0) is 15.5. The molecule has 22 heavy (non-hydrogen) atoms. The third-order valence-corrected chi connectivity index (χ3v) is 4.81. The summed E-state index contributed by atoms with van der Waals surface area (Å²) in [6.45, 7) is 4.27. The van der Waals surface area contributed by atoms with Gasteiger partial charge in [0, 0.05) is 19.1 Å². The van der Waals surface area contributed by atoms with Crippen molar-refractivity contribution in [2.45, 2.75) is 30.9 Å². The molecule has 2 N–H and O–H groups in total. The second kappa shape index (κ2) is 7.96. The number of rotatable bonds is 6. The van der Waals surface area contributed by atoms with Gasteiger partial charge in [-0.2, -0.15) is 0 Å². The van der Waals surface area contributed by atoms with Crippen molar-refractivity contribution in [2.24, 2.45) is 0 Å². The van der Waals surface area contributed by atoms with Crippen molar-refractivity contribution in [1.29, 1.82) is 0 Å². The molecule has 2 rings (SSSR count). The maximum atomic E-state index is 12.5. The molecule has 0 bridgehead atoms. The zero-order valence-corrected chi connectivity index (χ0v) is 14.3. The summed E-state index contributed by atoms with van der Waals surface area (Å²) in [5, 5.41) is 2.98. The largest absolute Gasteiger partial charge is 0.438 e. The molecule has 0 spiro atoms. The number of halogens is 1. The molecule has 1 aromatic rings. The molecular weight excluding hydrogens is 330 g/mol. The number of hydrogen-bond donors (Lipinski definition) is 2. The molecule has 1 unspecified atom stereocenters. The van der Waals surface area contributed by atoms with Gasteiger partial charge >= 0.3 is 0 Å². The van der Waals surface area contributed by atoms with E-state index >= 15 is 0 Å². The Hall–Kier alpha value is -1.09. The molecule has 1 atom stereocenters. The Morgan fingerprint density at radius 1 is 1.50 bits per heavy atom. The molecule has 1 fully saturated rings. The minimum absolute atomic E-state index is 0. The summed E-state index contributed by atoms with van der Waals surface area (Å²) >= 11 is 0. The molecule has 0 aliphatic carbocycles. The second-order valence-corrected chi connectivity index (χ2v) is 6.79. The first-order chi connectivity index (χ1) is 9.99. The number of hydrogen-bond acceptors (Lipinski definition) is 5. The van der Waals surface area contributed by atoms with Crippen LogP contribution in [0, 0.1) is 0 Å². The van der Waals surface area contributed by atoms with Crippen LogP contribution < -0.4 is 10.0 Å². The average molecular weight is 352 g/mol. The van der Waals surface area contributed by atoms with E-state index in [0.29, 0.717) is 6.54 Å². The highest BCUT2D eigenvalue weighted by Crippen LogP contribution is 2.18. The lowest BCUT2D eigenvalue weighted by Gasteiger charge is -2.27. The smallest absolute Gasteiger partial charge is 0.289 e. The fraction of sp³-hybridized carbons (Fsp3) is 0.615. The second-order valence-electron chi connectivity index (χ2n) is 4.97. The number of nitrogens with one attached hydrogen (secondary N) is 2. The topological polar surface area (TPSA) is 91.7 Å². The van der Waals surface area contributed by atoms with E-state index in [1.165, 1.54) is 19.2 Å². The third-order valence-electron chi connectivity index (χ3n) is 3.53. The summed E-state index contributed by atoms with van der Waals surface area (Å²) in [6, 6.07) is 2.85. The van der Waals surface area contributed by atoms with Gasteiger partial charge < -0.3 is 14.6 Å². The molecule has 126 valence electrons. The molecule has 1 aromatic heterocycles. The number of sulfonamides is 1. The number of amides is 1. The van der Waals surface area contributed by atoms with Crippen LogP contribution in [0.25, 0.3) is 0 Å². The van der Waals surface area contributed by atoms with Gasteiger partial charge in [-0.25, -0.2) is 13.1 Å². The predicted octanol–water partition coefficient (Wildman–Crippen LogP) is 0.824. The molecular formula is C13H22ClN3O4S. The first-order valence-electron chi connectivity index (χ1n) is 7.04. The van der Waals surface area contributed by atoms with E-state index in [2.05, 4.69) is 10.0 Å². The molecule has 0 saturated carbocycles. The van der Waals surface area contributed by atoms with Crippen LogP contribution in [-0.2, 0) is 10.0 Å². The summed E-state index contributed by atoms with van der Waals surface area (Å²) in [5.74, 6) is -0.202. The first kappa shape index (κ1) is 19.0. The van der Waals surface area contributed by atoms with Crippen LogP contribution in [0.2, 0.25) is 0 Å². The third kappa shape index (κ3) is 4.01. The molecule has 1 aliphatic rings. The summed E-state index contributed by atoms with van der Waals surface area (Å²) in [5.41, 5.74) is 0. The van der Waals surface area contributed by atoms with Crippen molar-refractivity contribution in [2.75, 3.05) is 26.7 Å². The Bertz CT molecular complexity index is 596. The number of nitrogens with zero attached hydrogens (tertiary/aromatic N) is 1. The van der Waals surface area contributed by atoms with Gasteiger partial charge in [0.15, 0.2) is 5.76 Å². The minimum atomic E-state index is -3.67. The Morgan fingerprint density at radius 3 is 2.77 bits per heavy atom. The molecule has 1 amide bonds. The van der Waals surface area contributed by atoms with Crippen LogP contribution in [0.15, 0.2) is 21.6 Å². The molecule has 7 nitrogen and oxygen atoms in total. The van der Waals surface area contributed by atoms with Gasteiger partial charge in [-0.1, -0.05) is 6.92 Å². The standard InChI is InChI=1S/C13H21N3O4S.ClH/c1-3-8-16(10-6-7-15-9-10)13(17)11-4-5-12(20-11)21(18,19)14-2;/h4-5,10,14-15H,3,6-9H2,1-2H3;1H. The highest BCUT2D eigenvalue weighted by molar-refractivity contribution is 7.89. The van der Waals surface area contributed by atoms with Crippen LogP contribution in [-0.4, -0.2) is 51.9 Å². The Labute approximate surface area is 136 Å². The van der Waals surface area contributed by atoms with Gasteiger partial charge in [-0.3, -0.25) is 4.79 Å². The van der Waals surface area contributed by atoms with Gasteiger partial charge in [0.25, 0.3) is 15.9 Å². The van der Waals surface area contributed by atoms with E-state index in [4.69, 9.17) is 4.42 Å². The highest BCUT2D eigenvalue weighted by atomic mass is 35.5. The van der Waals surface area contributed by atoms with E-state index in [9.17, 15) is 13.2 Å². The van der Waals surface area contributed by atoms with Gasteiger partial charge in [-0.15, -0.1) is 12.4 Å². The first-order valence-corrected chi connectivity index (χ1v) is 8.53. The SMILES string of the molecule is CCCN(C(=O)c1ccc(S(=O)(=O)NC)o1)C1CCNC1.Cl. The van der Waals surface area contributed by atoms with Crippen molar-refractivity contribution in [3.8, 4) is 0 Å². The molecule has 2 heterocycles. The maximum Gasteiger partial charge on any atom is 0.289 e. The number of carbonyl (C=O) groups is 1. The monoisotopic (exact) mass is 351 g/mol. The van der Waals surface area contributed by atoms with Crippen molar-refractivity contribution in [3.05, 3.63) is 17.9 Å². The fourth-order valence-corrected chi connectivity index (χ4v) is 3.07. The van der Waals surface area contributed by atoms with Crippen molar-refractivity contribution >= 4 is 28.3 Å². The number of carbonyl (C=O) groups excluding carboxylic acids is 1. The van der Waals surface area contributed by atoms with Gasteiger partial charge in [-0.05, 0) is 38.6 Å². The highest BCUT2D eigenvalue weighted by Gasteiger charge is 2.29. The van der Waals surface area contributed by atoms with E-state index in [0.717, 1.165) is 25.9 Å². The van der Waals surface area contributed by atoms with Gasteiger partial charge in [0.2, 0.25) is 5.09 Å². The molecule has 0 radical (unpaired) electrons. The summed E-state index contributed by atoms with van der Waals surface area (Å²) in [6.07, 6.45) is 1.73. The number of furan rings is 1. The van der Waals surface area contributed by atoms with Crippen LogP contribution >= 0.6 is 12.4 Å². The van der Waals surface area contributed by atoms with Crippen LogP contribution in [0.5, 0.6) is 0 Å². The molecule has 0 aromatic carbocycles. The van der Waals surface area contributed by atoms with Crippen LogP contribution in [0.1, 0.15) is 30.3 Å². The van der Waals surface area contributed by atoms with Crippen molar-refractivity contribution in [1.82, 2.24) is 14.9 Å². The zero-order valence-electron chi connectivity index (χ0n) is 12.7. The summed E-state index contributed by atoms with van der Waals surface area (Å²) in [4.78, 5) is 14.3. The summed E-state index contributed by atoms with van der Waals surface area (Å²) < 4.78 is 30.7. The van der Waals surface area contributed by atoms with E-state index in [1.807, 2.05) is 6.92 Å². The predicted molar refractivity (Wildman–Crippen MR) is 84.8 cm³/mol. The molecule has 9 heteroatoms.